The first kappa shape index (κ1) is 13.9. The molecule has 1 fully saturated rings. The summed E-state index contributed by atoms with van der Waals surface area (Å²) in [5, 5.41) is 3.45. The Kier molecular flexibility index (Phi) is 6.96. The molecule has 1 saturated heterocycles. The highest BCUT2D eigenvalue weighted by Gasteiger charge is 2.24. The van der Waals surface area contributed by atoms with Gasteiger partial charge >= 0.3 is 0 Å². The fourth-order valence-corrected chi connectivity index (χ4v) is 2.18. The highest BCUT2D eigenvalue weighted by molar-refractivity contribution is 4.80. The van der Waals surface area contributed by atoms with Crippen molar-refractivity contribution >= 4 is 0 Å². The van der Waals surface area contributed by atoms with Crippen LogP contribution in [0.25, 0.3) is 0 Å². The predicted molar refractivity (Wildman–Crippen MR) is 65.7 cm³/mol. The zero-order chi connectivity index (χ0) is 11.8. The van der Waals surface area contributed by atoms with Crippen LogP contribution in [0.1, 0.15) is 6.92 Å². The number of rotatable bonds is 8. The number of hydrogen-bond acceptors (Lipinski definition) is 4. The minimum Gasteiger partial charge on any atom is -0.383 e. The molecule has 0 bridgehead atoms. The molecule has 2 atom stereocenters. The normalized spacial score (nSPS) is 25.5. The lowest BCUT2D eigenvalue weighted by molar-refractivity contribution is 0.101. The van der Waals surface area contributed by atoms with E-state index >= 15 is 0 Å². The van der Waals surface area contributed by atoms with Crippen LogP contribution in [0, 0.1) is 11.8 Å². The van der Waals surface area contributed by atoms with E-state index in [9.17, 15) is 0 Å². The van der Waals surface area contributed by atoms with Gasteiger partial charge in [-0.3, -0.25) is 4.90 Å². The molecule has 96 valence electrons. The quantitative estimate of drug-likeness (QED) is 0.656. The summed E-state index contributed by atoms with van der Waals surface area (Å²) in [6.45, 7) is 9.41. The maximum Gasteiger partial charge on any atom is 0.0589 e. The maximum atomic E-state index is 5.15. The minimum atomic E-state index is 0.772. The van der Waals surface area contributed by atoms with Crippen LogP contribution in [0.15, 0.2) is 0 Å². The van der Waals surface area contributed by atoms with Crippen molar-refractivity contribution < 1.29 is 9.47 Å². The van der Waals surface area contributed by atoms with E-state index in [1.165, 1.54) is 0 Å². The molecule has 0 aliphatic carbocycles. The van der Waals surface area contributed by atoms with Gasteiger partial charge in [0.2, 0.25) is 0 Å². The van der Waals surface area contributed by atoms with Gasteiger partial charge in [-0.25, -0.2) is 0 Å². The second kappa shape index (κ2) is 8.01. The van der Waals surface area contributed by atoms with E-state index in [2.05, 4.69) is 17.1 Å². The van der Waals surface area contributed by atoms with Crippen molar-refractivity contribution in [3.63, 3.8) is 0 Å². The van der Waals surface area contributed by atoms with Crippen LogP contribution in [0.5, 0.6) is 0 Å². The molecule has 0 aromatic rings. The van der Waals surface area contributed by atoms with Gasteiger partial charge in [-0.2, -0.15) is 0 Å². The summed E-state index contributed by atoms with van der Waals surface area (Å²) in [6, 6.07) is 0. The van der Waals surface area contributed by atoms with Crippen molar-refractivity contribution in [1.82, 2.24) is 10.2 Å². The van der Waals surface area contributed by atoms with E-state index in [1.54, 1.807) is 14.2 Å². The lowest BCUT2D eigenvalue weighted by atomic mass is 9.97. The molecule has 4 nitrogen and oxygen atoms in total. The van der Waals surface area contributed by atoms with Crippen LogP contribution in [-0.4, -0.2) is 65.1 Å². The summed E-state index contributed by atoms with van der Waals surface area (Å²) in [5.41, 5.74) is 0. The smallest absolute Gasteiger partial charge is 0.0589 e. The minimum absolute atomic E-state index is 0.772. The number of ether oxygens (including phenoxy) is 2. The molecule has 4 heteroatoms. The second-order valence-corrected chi connectivity index (χ2v) is 4.68. The van der Waals surface area contributed by atoms with E-state index < -0.39 is 0 Å². The lowest BCUT2D eigenvalue weighted by Gasteiger charge is -2.26. The molecule has 0 amide bonds. The molecule has 0 saturated carbocycles. The summed E-state index contributed by atoms with van der Waals surface area (Å²) in [7, 11) is 3.52. The Labute approximate surface area is 99.3 Å². The number of hydrogen-bond donors (Lipinski definition) is 1. The molecular formula is C12H26N2O2. The average molecular weight is 230 g/mol. The Morgan fingerprint density at radius 3 is 2.19 bits per heavy atom. The van der Waals surface area contributed by atoms with Crippen LogP contribution in [0.2, 0.25) is 0 Å². The van der Waals surface area contributed by atoms with Crippen molar-refractivity contribution in [2.75, 3.05) is 60.2 Å². The predicted octanol–water partition coefficient (Wildman–Crippen LogP) is 0.437. The molecule has 0 aromatic heterocycles. The molecular weight excluding hydrogens is 204 g/mol. The summed E-state index contributed by atoms with van der Waals surface area (Å²) in [5.74, 6) is 1.56. The molecule has 1 N–H and O–H groups in total. The monoisotopic (exact) mass is 230 g/mol. The van der Waals surface area contributed by atoms with Gasteiger partial charge in [-0.1, -0.05) is 6.92 Å². The molecule has 0 radical (unpaired) electrons. The van der Waals surface area contributed by atoms with Crippen molar-refractivity contribution in [3.05, 3.63) is 0 Å². The Morgan fingerprint density at radius 1 is 1.12 bits per heavy atom. The molecule has 1 rings (SSSR count). The first-order valence-corrected chi connectivity index (χ1v) is 6.19. The van der Waals surface area contributed by atoms with Gasteiger partial charge in [-0.05, 0) is 24.9 Å². The van der Waals surface area contributed by atoms with Crippen molar-refractivity contribution in [3.8, 4) is 0 Å². The topological polar surface area (TPSA) is 33.7 Å². The van der Waals surface area contributed by atoms with E-state index in [4.69, 9.17) is 9.47 Å². The van der Waals surface area contributed by atoms with Gasteiger partial charge in [0.15, 0.2) is 0 Å². The highest BCUT2D eigenvalue weighted by atomic mass is 16.5. The van der Waals surface area contributed by atoms with Gasteiger partial charge < -0.3 is 14.8 Å². The Balaban J connectivity index is 2.29. The van der Waals surface area contributed by atoms with Crippen LogP contribution >= 0.6 is 0 Å². The zero-order valence-corrected chi connectivity index (χ0v) is 10.9. The fraction of sp³-hybridized carbons (Fsp3) is 1.00. The van der Waals surface area contributed by atoms with Crippen LogP contribution < -0.4 is 5.32 Å². The lowest BCUT2D eigenvalue weighted by Crippen LogP contribution is -2.37. The third-order valence-electron chi connectivity index (χ3n) is 3.39. The number of nitrogens with zero attached hydrogens (tertiary/aromatic N) is 1. The zero-order valence-electron chi connectivity index (χ0n) is 10.9. The SMILES string of the molecule is COCCN(CCOC)CC1CNCC1C. The van der Waals surface area contributed by atoms with Crippen LogP contribution in [0.3, 0.4) is 0 Å². The third kappa shape index (κ3) is 4.78. The highest BCUT2D eigenvalue weighted by Crippen LogP contribution is 2.16. The van der Waals surface area contributed by atoms with E-state index in [0.717, 1.165) is 57.8 Å². The van der Waals surface area contributed by atoms with E-state index in [-0.39, 0.29) is 0 Å². The Morgan fingerprint density at radius 2 is 1.75 bits per heavy atom. The standard InChI is InChI=1S/C12H26N2O2/c1-11-8-13-9-12(11)10-14(4-6-15-2)5-7-16-3/h11-13H,4-10H2,1-3H3. The van der Waals surface area contributed by atoms with Gasteiger partial charge in [0.1, 0.15) is 0 Å². The Hall–Kier alpha value is -0.160. The molecule has 1 heterocycles. The summed E-state index contributed by atoms with van der Waals surface area (Å²) >= 11 is 0. The Bertz CT molecular complexity index is 170. The van der Waals surface area contributed by atoms with Crippen LogP contribution in [0.4, 0.5) is 0 Å². The summed E-state index contributed by atoms with van der Waals surface area (Å²) in [6.07, 6.45) is 0. The summed E-state index contributed by atoms with van der Waals surface area (Å²) in [4.78, 5) is 2.45. The molecule has 16 heavy (non-hydrogen) atoms. The van der Waals surface area contributed by atoms with Gasteiger partial charge in [-0.15, -0.1) is 0 Å². The first-order valence-electron chi connectivity index (χ1n) is 6.19. The second-order valence-electron chi connectivity index (χ2n) is 4.68. The number of nitrogens with one attached hydrogen (secondary N) is 1. The third-order valence-corrected chi connectivity index (χ3v) is 3.39. The van der Waals surface area contributed by atoms with E-state index in [0.29, 0.717) is 0 Å². The average Bonchev–Trinajstić information content (AvgIpc) is 2.68. The number of methoxy groups -OCH3 is 2. The van der Waals surface area contributed by atoms with Crippen LogP contribution in [-0.2, 0) is 9.47 Å². The first-order chi connectivity index (χ1) is 7.77. The van der Waals surface area contributed by atoms with Gasteiger partial charge in [0.05, 0.1) is 13.2 Å². The van der Waals surface area contributed by atoms with Crippen molar-refractivity contribution in [2.45, 2.75) is 6.92 Å². The molecule has 0 spiro atoms. The van der Waals surface area contributed by atoms with Gasteiger partial charge in [0.25, 0.3) is 0 Å². The molecule has 2 unspecified atom stereocenters. The van der Waals surface area contributed by atoms with E-state index in [1.807, 2.05) is 0 Å². The summed E-state index contributed by atoms with van der Waals surface area (Å²) < 4.78 is 10.3. The fourth-order valence-electron chi connectivity index (χ4n) is 2.18. The molecule has 1 aliphatic rings. The largest absolute Gasteiger partial charge is 0.383 e. The van der Waals surface area contributed by atoms with Crippen molar-refractivity contribution in [1.29, 1.82) is 0 Å². The maximum absolute atomic E-state index is 5.15. The van der Waals surface area contributed by atoms with Crippen molar-refractivity contribution in [2.24, 2.45) is 11.8 Å². The molecule has 1 aliphatic heterocycles. The van der Waals surface area contributed by atoms with Gasteiger partial charge in [0, 0.05) is 33.9 Å². The molecule has 0 aromatic carbocycles.